The molecule has 2 N–H and O–H groups in total. The Morgan fingerprint density at radius 1 is 0.907 bits per heavy atom. The molecule has 1 fully saturated rings. The second-order valence-electron chi connectivity index (χ2n) is 13.9. The third kappa shape index (κ3) is 11.0. The predicted octanol–water partition coefficient (Wildman–Crippen LogP) is 10.3. The van der Waals surface area contributed by atoms with Crippen LogP contribution in [-0.2, 0) is 6.42 Å². The third-order valence-electron chi connectivity index (χ3n) is 9.70. The quantitative estimate of drug-likeness (QED) is 0.0443. The van der Waals surface area contributed by atoms with Gasteiger partial charge in [0.1, 0.15) is 5.69 Å². The highest BCUT2D eigenvalue weighted by Crippen LogP contribution is 2.33. The third-order valence-corrected chi connectivity index (χ3v) is 11.9. The van der Waals surface area contributed by atoms with Crippen molar-refractivity contribution in [2.24, 2.45) is 5.92 Å². The first-order valence-corrected chi connectivity index (χ1v) is 20.4. The van der Waals surface area contributed by atoms with Gasteiger partial charge in [-0.3, -0.25) is 19.6 Å². The van der Waals surface area contributed by atoms with E-state index in [9.17, 15) is 14.9 Å². The molecule has 0 aromatic heterocycles. The number of amides is 1. The molecule has 5 aromatic carbocycles. The van der Waals surface area contributed by atoms with Crippen LogP contribution in [0.15, 0.2) is 131 Å². The zero-order valence-corrected chi connectivity index (χ0v) is 33.0. The molecule has 1 aliphatic heterocycles. The molecule has 1 atom stereocenters. The molecule has 1 amide bonds. The standard InChI is InChI=1S/C43H46ClN5O3S2/c1-47(2)25-24-36(30-53-38-9-4-3-5-10-38)45-41-21-20-39(29-42(41)49(51)52)54-46-43(50)33-14-18-37(19-15-33)48-26-22-31(23-27-48)28-34-8-6-7-11-40(34)32-12-16-35(44)17-13-32/h3-21,29,31,36,45H,22-28,30H2,1-2H3,(H,46,50). The summed E-state index contributed by atoms with van der Waals surface area (Å²) in [6.07, 6.45) is 4.06. The van der Waals surface area contributed by atoms with Gasteiger partial charge in [-0.05, 0) is 142 Å². The molecular formula is C43H46ClN5O3S2. The summed E-state index contributed by atoms with van der Waals surface area (Å²) in [5, 5.41) is 16.3. The summed E-state index contributed by atoms with van der Waals surface area (Å²) in [6.45, 7) is 2.77. The summed E-state index contributed by atoms with van der Waals surface area (Å²) in [6, 6.07) is 39.6. The molecule has 8 nitrogen and oxygen atoms in total. The minimum Gasteiger partial charge on any atom is -0.376 e. The Morgan fingerprint density at radius 2 is 1.61 bits per heavy atom. The SMILES string of the molecule is CN(C)CCC(CSc1ccccc1)Nc1ccc(SNC(=O)c2ccc(N3CCC(Cc4ccccc4-c4ccc(Cl)cc4)CC3)cc2)cc1[N+](=O)[O-]. The van der Waals surface area contributed by atoms with Crippen LogP contribution in [0, 0.1) is 16.0 Å². The molecular weight excluding hydrogens is 734 g/mol. The van der Waals surface area contributed by atoms with Gasteiger partial charge in [-0.2, -0.15) is 0 Å². The average molecular weight is 780 g/mol. The van der Waals surface area contributed by atoms with Crippen molar-refractivity contribution < 1.29 is 9.72 Å². The maximum atomic E-state index is 13.1. The number of halogens is 1. The van der Waals surface area contributed by atoms with Crippen molar-refractivity contribution in [3.8, 4) is 11.1 Å². The smallest absolute Gasteiger partial charge is 0.293 e. The molecule has 0 radical (unpaired) electrons. The molecule has 5 aromatic rings. The van der Waals surface area contributed by atoms with E-state index < -0.39 is 0 Å². The van der Waals surface area contributed by atoms with Gasteiger partial charge in [-0.25, -0.2) is 0 Å². The van der Waals surface area contributed by atoms with Crippen LogP contribution in [0.2, 0.25) is 5.02 Å². The second kappa shape index (κ2) is 19.2. The summed E-state index contributed by atoms with van der Waals surface area (Å²) < 4.78 is 2.87. The Morgan fingerprint density at radius 3 is 2.31 bits per heavy atom. The Bertz CT molecular complexity index is 1990. The van der Waals surface area contributed by atoms with E-state index in [-0.39, 0.29) is 22.6 Å². The van der Waals surface area contributed by atoms with Crippen LogP contribution >= 0.6 is 35.3 Å². The van der Waals surface area contributed by atoms with E-state index in [4.69, 9.17) is 11.6 Å². The highest BCUT2D eigenvalue weighted by atomic mass is 35.5. The summed E-state index contributed by atoms with van der Waals surface area (Å²) in [5.41, 5.74) is 5.91. The fraction of sp³-hybridized carbons (Fsp3) is 0.279. The monoisotopic (exact) mass is 779 g/mol. The molecule has 1 heterocycles. The Balaban J connectivity index is 1.01. The molecule has 280 valence electrons. The van der Waals surface area contributed by atoms with Gasteiger partial charge in [0.15, 0.2) is 0 Å². The normalized spacial score (nSPS) is 13.8. The molecule has 0 spiro atoms. The van der Waals surface area contributed by atoms with Gasteiger partial charge in [0, 0.05) is 57.0 Å². The summed E-state index contributed by atoms with van der Waals surface area (Å²) in [7, 11) is 4.04. The number of carbonyl (C=O) groups is 1. The van der Waals surface area contributed by atoms with Crippen LogP contribution in [-0.4, -0.2) is 61.3 Å². The predicted molar refractivity (Wildman–Crippen MR) is 226 cm³/mol. The number of benzene rings is 5. The fourth-order valence-electron chi connectivity index (χ4n) is 6.70. The lowest BCUT2D eigenvalue weighted by Crippen LogP contribution is -2.34. The number of hydrogen-bond donors (Lipinski definition) is 2. The number of nitrogens with one attached hydrogen (secondary N) is 2. The second-order valence-corrected chi connectivity index (χ2v) is 16.3. The lowest BCUT2D eigenvalue weighted by Gasteiger charge is -2.34. The zero-order chi connectivity index (χ0) is 37.9. The molecule has 6 rings (SSSR count). The Labute approximate surface area is 332 Å². The van der Waals surface area contributed by atoms with Gasteiger partial charge in [-0.1, -0.05) is 66.2 Å². The van der Waals surface area contributed by atoms with E-state index in [1.807, 2.05) is 68.7 Å². The lowest BCUT2D eigenvalue weighted by atomic mass is 9.87. The van der Waals surface area contributed by atoms with Crippen molar-refractivity contribution in [1.82, 2.24) is 9.62 Å². The van der Waals surface area contributed by atoms with Gasteiger partial charge >= 0.3 is 0 Å². The van der Waals surface area contributed by atoms with Gasteiger partial charge in [0.05, 0.1) is 4.92 Å². The Hall–Kier alpha value is -4.48. The van der Waals surface area contributed by atoms with Crippen LogP contribution in [0.4, 0.5) is 17.1 Å². The number of thioether (sulfide) groups is 1. The van der Waals surface area contributed by atoms with Crippen LogP contribution in [0.5, 0.6) is 0 Å². The number of nitro groups is 1. The highest BCUT2D eigenvalue weighted by molar-refractivity contribution is 7.99. The number of nitro benzene ring substituents is 1. The first-order chi connectivity index (χ1) is 26.2. The van der Waals surface area contributed by atoms with E-state index >= 15 is 0 Å². The Kier molecular flexibility index (Phi) is 14.0. The fourth-order valence-corrected chi connectivity index (χ4v) is 8.45. The van der Waals surface area contributed by atoms with E-state index in [0.29, 0.717) is 22.1 Å². The molecule has 1 saturated heterocycles. The van der Waals surface area contributed by atoms with Gasteiger partial charge < -0.3 is 15.1 Å². The zero-order valence-electron chi connectivity index (χ0n) is 30.6. The van der Waals surface area contributed by atoms with Crippen molar-refractivity contribution in [3.63, 3.8) is 0 Å². The minimum atomic E-state index is -0.372. The van der Waals surface area contributed by atoms with Crippen LogP contribution < -0.4 is 14.9 Å². The molecule has 11 heteroatoms. The van der Waals surface area contributed by atoms with Crippen molar-refractivity contribution in [3.05, 3.63) is 148 Å². The van der Waals surface area contributed by atoms with Crippen molar-refractivity contribution in [2.75, 3.05) is 49.7 Å². The van der Waals surface area contributed by atoms with Gasteiger partial charge in [-0.15, -0.1) is 11.8 Å². The molecule has 0 aliphatic carbocycles. The van der Waals surface area contributed by atoms with E-state index in [1.54, 1.807) is 23.9 Å². The van der Waals surface area contributed by atoms with E-state index in [2.05, 4.69) is 68.4 Å². The van der Waals surface area contributed by atoms with E-state index in [1.165, 1.54) is 22.8 Å². The minimum absolute atomic E-state index is 0.0205. The average Bonchev–Trinajstić information content (AvgIpc) is 3.19. The van der Waals surface area contributed by atoms with Crippen molar-refractivity contribution in [1.29, 1.82) is 0 Å². The first kappa shape index (κ1) is 39.2. The molecule has 0 bridgehead atoms. The number of anilines is 2. The summed E-state index contributed by atoms with van der Waals surface area (Å²) in [5.74, 6) is 1.11. The summed E-state index contributed by atoms with van der Waals surface area (Å²) in [4.78, 5) is 31.1. The van der Waals surface area contributed by atoms with Gasteiger partial charge in [0.2, 0.25) is 0 Å². The lowest BCUT2D eigenvalue weighted by molar-refractivity contribution is -0.384. The first-order valence-electron chi connectivity index (χ1n) is 18.3. The van der Waals surface area contributed by atoms with Crippen LogP contribution in [0.3, 0.4) is 0 Å². The van der Waals surface area contributed by atoms with Crippen molar-refractivity contribution in [2.45, 2.75) is 41.5 Å². The topological polar surface area (TPSA) is 90.8 Å². The molecule has 0 saturated carbocycles. The van der Waals surface area contributed by atoms with Gasteiger partial charge in [0.25, 0.3) is 11.6 Å². The highest BCUT2D eigenvalue weighted by Gasteiger charge is 2.22. The molecule has 1 unspecified atom stereocenters. The number of carbonyl (C=O) groups excluding carboxylic acids is 1. The summed E-state index contributed by atoms with van der Waals surface area (Å²) >= 11 is 8.94. The largest absolute Gasteiger partial charge is 0.376 e. The number of hydrogen-bond acceptors (Lipinski definition) is 8. The molecule has 54 heavy (non-hydrogen) atoms. The number of rotatable bonds is 16. The van der Waals surface area contributed by atoms with Crippen molar-refractivity contribution >= 4 is 58.3 Å². The number of piperidine rings is 1. The number of nitrogens with zero attached hydrogens (tertiary/aromatic N) is 3. The van der Waals surface area contributed by atoms with Crippen LogP contribution in [0.1, 0.15) is 35.2 Å². The molecule has 1 aliphatic rings. The maximum absolute atomic E-state index is 13.1. The van der Waals surface area contributed by atoms with Crippen LogP contribution in [0.25, 0.3) is 11.1 Å². The maximum Gasteiger partial charge on any atom is 0.293 e. The van der Waals surface area contributed by atoms with E-state index in [0.717, 1.165) is 78.6 Å².